The number of nitrogens with zero attached hydrogens (tertiary/aromatic N) is 1. The number of benzene rings is 1. The molecular formula is C20H31N3O2. The van der Waals surface area contributed by atoms with E-state index in [0.29, 0.717) is 24.1 Å². The van der Waals surface area contributed by atoms with E-state index in [2.05, 4.69) is 28.6 Å². The molecule has 0 bridgehead atoms. The normalized spacial score (nSPS) is 24.8. The van der Waals surface area contributed by atoms with Gasteiger partial charge in [-0.1, -0.05) is 31.0 Å². The summed E-state index contributed by atoms with van der Waals surface area (Å²) in [5, 5.41) is 7.08. The quantitative estimate of drug-likeness (QED) is 0.614. The Morgan fingerprint density at radius 2 is 2.04 bits per heavy atom. The van der Waals surface area contributed by atoms with E-state index in [1.807, 2.05) is 25.2 Å². The number of rotatable bonds is 6. The lowest BCUT2D eigenvalue weighted by Crippen LogP contribution is -2.65. The molecule has 1 spiro atoms. The second-order valence-electron chi connectivity index (χ2n) is 7.05. The van der Waals surface area contributed by atoms with Gasteiger partial charge >= 0.3 is 0 Å². The van der Waals surface area contributed by atoms with Gasteiger partial charge in [0.2, 0.25) is 0 Å². The molecule has 2 aliphatic rings. The lowest BCUT2D eigenvalue weighted by molar-refractivity contribution is -0.125. The zero-order valence-electron chi connectivity index (χ0n) is 15.7. The number of nitrogens with one attached hydrogen (secondary N) is 2. The zero-order valence-corrected chi connectivity index (χ0v) is 15.7. The van der Waals surface area contributed by atoms with Crippen molar-refractivity contribution in [3.63, 3.8) is 0 Å². The van der Waals surface area contributed by atoms with Gasteiger partial charge in [-0.05, 0) is 32.3 Å². The SMILES string of the molecule is CCOC1CC(NC(=NC)NCc2ccccc2OC)C12CCCC2. The standard InChI is InChI=1S/C20H31N3O2/c1-4-25-18-13-17(20(18)11-7-8-12-20)23-19(21-2)22-14-15-9-5-6-10-16(15)24-3/h5-6,9-10,17-18H,4,7-8,11-14H2,1-3H3,(H2,21,22,23). The van der Waals surface area contributed by atoms with Gasteiger partial charge in [-0.25, -0.2) is 0 Å². The van der Waals surface area contributed by atoms with E-state index in [1.54, 1.807) is 7.11 Å². The maximum absolute atomic E-state index is 6.00. The predicted molar refractivity (Wildman–Crippen MR) is 101 cm³/mol. The number of para-hydroxylation sites is 1. The van der Waals surface area contributed by atoms with Crippen LogP contribution in [0.3, 0.4) is 0 Å². The highest BCUT2D eigenvalue weighted by Gasteiger charge is 2.56. The summed E-state index contributed by atoms with van der Waals surface area (Å²) in [5.74, 6) is 1.76. The third kappa shape index (κ3) is 3.61. The first-order valence-corrected chi connectivity index (χ1v) is 9.44. The Bertz CT molecular complexity index is 596. The highest BCUT2D eigenvalue weighted by atomic mass is 16.5. The van der Waals surface area contributed by atoms with E-state index < -0.39 is 0 Å². The lowest BCUT2D eigenvalue weighted by atomic mass is 9.60. The van der Waals surface area contributed by atoms with Crippen LogP contribution in [0, 0.1) is 5.41 Å². The predicted octanol–water partition coefficient (Wildman–Crippen LogP) is 3.10. The number of hydrogen-bond acceptors (Lipinski definition) is 3. The molecule has 0 aromatic heterocycles. The molecule has 5 heteroatoms. The third-order valence-electron chi connectivity index (χ3n) is 5.86. The number of guanidine groups is 1. The Balaban J connectivity index is 1.59. The molecule has 1 aromatic rings. The van der Waals surface area contributed by atoms with Crippen LogP contribution < -0.4 is 15.4 Å². The fourth-order valence-corrected chi connectivity index (χ4v) is 4.48. The molecule has 0 aliphatic heterocycles. The van der Waals surface area contributed by atoms with Gasteiger partial charge in [-0.2, -0.15) is 0 Å². The first-order valence-electron chi connectivity index (χ1n) is 9.44. The molecule has 2 aliphatic carbocycles. The number of ether oxygens (including phenoxy) is 2. The second kappa shape index (κ2) is 8.09. The summed E-state index contributed by atoms with van der Waals surface area (Å²) >= 11 is 0. The smallest absolute Gasteiger partial charge is 0.191 e. The van der Waals surface area contributed by atoms with Crippen molar-refractivity contribution in [2.75, 3.05) is 20.8 Å². The van der Waals surface area contributed by atoms with Crippen molar-refractivity contribution in [2.45, 2.75) is 57.7 Å². The van der Waals surface area contributed by atoms with Gasteiger partial charge in [-0.3, -0.25) is 4.99 Å². The van der Waals surface area contributed by atoms with Crippen molar-refractivity contribution in [1.29, 1.82) is 0 Å². The highest BCUT2D eigenvalue weighted by Crippen LogP contribution is 2.54. The molecule has 0 saturated heterocycles. The largest absolute Gasteiger partial charge is 0.496 e. The van der Waals surface area contributed by atoms with E-state index >= 15 is 0 Å². The molecule has 1 aromatic carbocycles. The van der Waals surface area contributed by atoms with Gasteiger partial charge in [-0.15, -0.1) is 0 Å². The van der Waals surface area contributed by atoms with E-state index in [4.69, 9.17) is 9.47 Å². The summed E-state index contributed by atoms with van der Waals surface area (Å²) < 4.78 is 11.4. The minimum atomic E-state index is 0.304. The first kappa shape index (κ1) is 18.1. The minimum absolute atomic E-state index is 0.304. The van der Waals surface area contributed by atoms with Crippen LogP contribution in [-0.4, -0.2) is 38.9 Å². The van der Waals surface area contributed by atoms with Gasteiger partial charge in [0.1, 0.15) is 5.75 Å². The van der Waals surface area contributed by atoms with Gasteiger partial charge < -0.3 is 20.1 Å². The molecule has 2 atom stereocenters. The minimum Gasteiger partial charge on any atom is -0.496 e. The Hall–Kier alpha value is -1.75. The van der Waals surface area contributed by atoms with E-state index in [9.17, 15) is 0 Å². The van der Waals surface area contributed by atoms with Gasteiger partial charge in [0.05, 0.1) is 13.2 Å². The Morgan fingerprint density at radius 3 is 2.72 bits per heavy atom. The van der Waals surface area contributed by atoms with Crippen LogP contribution in [0.4, 0.5) is 0 Å². The van der Waals surface area contributed by atoms with Crippen LogP contribution >= 0.6 is 0 Å². The first-order chi connectivity index (χ1) is 12.2. The Kier molecular flexibility index (Phi) is 5.84. The van der Waals surface area contributed by atoms with Crippen molar-refractivity contribution >= 4 is 5.96 Å². The van der Waals surface area contributed by atoms with E-state index in [-0.39, 0.29) is 0 Å². The van der Waals surface area contributed by atoms with Crippen molar-refractivity contribution in [2.24, 2.45) is 10.4 Å². The molecule has 2 N–H and O–H groups in total. The molecule has 3 rings (SSSR count). The summed E-state index contributed by atoms with van der Waals surface area (Å²) in [6.45, 7) is 3.59. The summed E-state index contributed by atoms with van der Waals surface area (Å²) in [5.41, 5.74) is 1.43. The average Bonchev–Trinajstić information content (AvgIpc) is 3.16. The van der Waals surface area contributed by atoms with Gasteiger partial charge in [0, 0.05) is 37.2 Å². The number of methoxy groups -OCH3 is 1. The van der Waals surface area contributed by atoms with Crippen LogP contribution in [0.15, 0.2) is 29.3 Å². The zero-order chi connectivity index (χ0) is 17.7. The molecule has 5 nitrogen and oxygen atoms in total. The molecule has 0 amide bonds. The topological polar surface area (TPSA) is 54.9 Å². The molecule has 0 heterocycles. The molecule has 138 valence electrons. The maximum Gasteiger partial charge on any atom is 0.191 e. The van der Waals surface area contributed by atoms with E-state index in [0.717, 1.165) is 30.3 Å². The van der Waals surface area contributed by atoms with Gasteiger partial charge in [0.25, 0.3) is 0 Å². The summed E-state index contributed by atoms with van der Waals surface area (Å²) in [4.78, 5) is 4.42. The van der Waals surface area contributed by atoms with E-state index in [1.165, 1.54) is 25.7 Å². The van der Waals surface area contributed by atoms with Crippen molar-refractivity contribution in [1.82, 2.24) is 10.6 Å². The second-order valence-corrected chi connectivity index (χ2v) is 7.05. The monoisotopic (exact) mass is 345 g/mol. The Labute approximate surface area is 151 Å². The van der Waals surface area contributed by atoms with Crippen molar-refractivity contribution < 1.29 is 9.47 Å². The van der Waals surface area contributed by atoms with Crippen LogP contribution in [0.2, 0.25) is 0 Å². The van der Waals surface area contributed by atoms with Crippen LogP contribution in [0.25, 0.3) is 0 Å². The van der Waals surface area contributed by atoms with Crippen LogP contribution in [0.5, 0.6) is 5.75 Å². The number of hydrogen-bond donors (Lipinski definition) is 2. The summed E-state index contributed by atoms with van der Waals surface area (Å²) in [6.07, 6.45) is 6.63. The van der Waals surface area contributed by atoms with Crippen molar-refractivity contribution in [3.8, 4) is 5.75 Å². The summed E-state index contributed by atoms with van der Waals surface area (Å²) in [7, 11) is 3.54. The molecule has 2 saturated carbocycles. The number of aliphatic imine (C=N–C) groups is 1. The molecule has 2 fully saturated rings. The molecule has 2 unspecified atom stereocenters. The lowest BCUT2D eigenvalue weighted by Gasteiger charge is -2.54. The van der Waals surface area contributed by atoms with Crippen molar-refractivity contribution in [3.05, 3.63) is 29.8 Å². The maximum atomic E-state index is 6.00. The molecular weight excluding hydrogens is 314 g/mol. The third-order valence-corrected chi connectivity index (χ3v) is 5.86. The summed E-state index contributed by atoms with van der Waals surface area (Å²) in [6, 6.07) is 8.53. The van der Waals surface area contributed by atoms with Crippen LogP contribution in [0.1, 0.15) is 44.6 Å². The average molecular weight is 345 g/mol. The Morgan fingerprint density at radius 1 is 1.28 bits per heavy atom. The fraction of sp³-hybridized carbons (Fsp3) is 0.650. The van der Waals surface area contributed by atoms with Crippen LogP contribution in [-0.2, 0) is 11.3 Å². The molecule has 0 radical (unpaired) electrons. The van der Waals surface area contributed by atoms with Gasteiger partial charge in [0.15, 0.2) is 5.96 Å². The molecule has 25 heavy (non-hydrogen) atoms. The fourth-order valence-electron chi connectivity index (χ4n) is 4.48. The highest BCUT2D eigenvalue weighted by molar-refractivity contribution is 5.80.